The SMILES string of the molecule is COc1cccc(C2CN(C(=O)CCNS(C)(=O)=O)CC2C(=O)O)c1. The van der Waals surface area contributed by atoms with Crippen molar-refractivity contribution in [1.82, 2.24) is 9.62 Å². The van der Waals surface area contributed by atoms with E-state index in [2.05, 4.69) is 4.72 Å². The molecule has 1 aliphatic rings. The highest BCUT2D eigenvalue weighted by Crippen LogP contribution is 2.34. The second kappa shape index (κ2) is 7.83. The molecule has 1 aromatic rings. The van der Waals surface area contributed by atoms with Gasteiger partial charge in [-0.15, -0.1) is 0 Å². The minimum absolute atomic E-state index is 0.00423. The Morgan fingerprint density at radius 3 is 2.68 bits per heavy atom. The van der Waals surface area contributed by atoms with Gasteiger partial charge in [0.1, 0.15) is 5.75 Å². The molecular formula is C16H22N2O6S. The lowest BCUT2D eigenvalue weighted by molar-refractivity contribution is -0.141. The van der Waals surface area contributed by atoms with Gasteiger partial charge in [0.15, 0.2) is 0 Å². The van der Waals surface area contributed by atoms with Crippen molar-refractivity contribution in [2.45, 2.75) is 12.3 Å². The van der Waals surface area contributed by atoms with Crippen LogP contribution in [0.4, 0.5) is 0 Å². The summed E-state index contributed by atoms with van der Waals surface area (Å²) in [6.07, 6.45) is 1.01. The predicted molar refractivity (Wildman–Crippen MR) is 90.9 cm³/mol. The van der Waals surface area contributed by atoms with Crippen LogP contribution in [0.1, 0.15) is 17.9 Å². The van der Waals surface area contributed by atoms with Crippen molar-refractivity contribution in [2.75, 3.05) is 33.0 Å². The number of hydrogen-bond acceptors (Lipinski definition) is 5. The molecule has 8 nitrogen and oxygen atoms in total. The Morgan fingerprint density at radius 2 is 2.08 bits per heavy atom. The van der Waals surface area contributed by atoms with E-state index in [1.807, 2.05) is 6.07 Å². The molecule has 1 aliphatic heterocycles. The minimum atomic E-state index is -3.36. The summed E-state index contributed by atoms with van der Waals surface area (Å²) in [5, 5.41) is 9.49. The van der Waals surface area contributed by atoms with Gasteiger partial charge in [0.2, 0.25) is 15.9 Å². The largest absolute Gasteiger partial charge is 0.497 e. The van der Waals surface area contributed by atoms with Crippen molar-refractivity contribution in [3.05, 3.63) is 29.8 Å². The molecule has 0 aromatic heterocycles. The number of hydrogen-bond donors (Lipinski definition) is 2. The lowest BCUT2D eigenvalue weighted by Gasteiger charge is -2.17. The molecule has 2 rings (SSSR count). The molecule has 25 heavy (non-hydrogen) atoms. The summed E-state index contributed by atoms with van der Waals surface area (Å²) in [4.78, 5) is 25.3. The molecule has 1 saturated heterocycles. The number of rotatable bonds is 7. The summed E-state index contributed by atoms with van der Waals surface area (Å²) in [7, 11) is -1.82. The molecule has 0 saturated carbocycles. The van der Waals surface area contributed by atoms with Crippen LogP contribution >= 0.6 is 0 Å². The van der Waals surface area contributed by atoms with E-state index in [1.165, 1.54) is 12.0 Å². The number of methoxy groups -OCH3 is 1. The summed E-state index contributed by atoms with van der Waals surface area (Å²) in [5.41, 5.74) is 0.802. The second-order valence-corrected chi connectivity index (χ2v) is 7.88. The fourth-order valence-electron chi connectivity index (χ4n) is 2.97. The molecule has 1 amide bonds. The first kappa shape index (κ1) is 19.2. The number of nitrogens with one attached hydrogen (secondary N) is 1. The van der Waals surface area contributed by atoms with Crippen LogP contribution in [0.25, 0.3) is 0 Å². The van der Waals surface area contributed by atoms with Gasteiger partial charge in [-0.3, -0.25) is 9.59 Å². The Bertz CT molecular complexity index is 749. The lowest BCUT2D eigenvalue weighted by Crippen LogP contribution is -2.33. The molecule has 1 heterocycles. The number of carboxylic acid groups (broad SMARTS) is 1. The second-order valence-electron chi connectivity index (χ2n) is 6.04. The maximum absolute atomic E-state index is 12.3. The molecule has 0 radical (unpaired) electrons. The molecular weight excluding hydrogens is 348 g/mol. The number of carboxylic acids is 1. The number of carbonyl (C=O) groups is 2. The number of carbonyl (C=O) groups excluding carboxylic acids is 1. The normalized spacial score (nSPS) is 20.5. The van der Waals surface area contributed by atoms with Gasteiger partial charge < -0.3 is 14.7 Å². The quantitative estimate of drug-likeness (QED) is 0.712. The summed E-state index contributed by atoms with van der Waals surface area (Å²) in [6.45, 7) is 0.381. The average Bonchev–Trinajstić information content (AvgIpc) is 2.99. The Balaban J connectivity index is 2.09. The van der Waals surface area contributed by atoms with Crippen molar-refractivity contribution in [3.63, 3.8) is 0 Å². The predicted octanol–water partition coefficient (Wildman–Crippen LogP) is 0.261. The van der Waals surface area contributed by atoms with Gasteiger partial charge in [0, 0.05) is 32.0 Å². The van der Waals surface area contributed by atoms with Crippen molar-refractivity contribution < 1.29 is 27.9 Å². The van der Waals surface area contributed by atoms with E-state index in [4.69, 9.17) is 4.74 Å². The first-order valence-corrected chi connectivity index (χ1v) is 9.69. The van der Waals surface area contributed by atoms with Crippen LogP contribution in [0.5, 0.6) is 5.75 Å². The fourth-order valence-corrected chi connectivity index (χ4v) is 3.44. The smallest absolute Gasteiger partial charge is 0.308 e. The molecule has 0 spiro atoms. The van der Waals surface area contributed by atoms with Gasteiger partial charge in [-0.25, -0.2) is 13.1 Å². The van der Waals surface area contributed by atoms with Gasteiger partial charge in [-0.1, -0.05) is 12.1 Å². The summed E-state index contributed by atoms with van der Waals surface area (Å²) < 4.78 is 29.5. The van der Waals surface area contributed by atoms with E-state index < -0.39 is 21.9 Å². The number of benzene rings is 1. The Morgan fingerprint density at radius 1 is 1.36 bits per heavy atom. The van der Waals surface area contributed by atoms with Crippen molar-refractivity contribution >= 4 is 21.9 Å². The average molecular weight is 370 g/mol. The number of nitrogens with zero attached hydrogens (tertiary/aromatic N) is 1. The van der Waals surface area contributed by atoms with Gasteiger partial charge in [0.25, 0.3) is 0 Å². The molecule has 2 atom stereocenters. The molecule has 2 unspecified atom stereocenters. The van der Waals surface area contributed by atoms with Crippen molar-refractivity contribution in [1.29, 1.82) is 0 Å². The van der Waals surface area contributed by atoms with Gasteiger partial charge in [0.05, 0.1) is 19.3 Å². The number of sulfonamides is 1. The zero-order valence-electron chi connectivity index (χ0n) is 14.1. The first-order valence-electron chi connectivity index (χ1n) is 7.80. The van der Waals surface area contributed by atoms with E-state index in [0.29, 0.717) is 5.75 Å². The van der Waals surface area contributed by atoms with Gasteiger partial charge in [-0.05, 0) is 17.7 Å². The zero-order valence-corrected chi connectivity index (χ0v) is 15.0. The fraction of sp³-hybridized carbons (Fsp3) is 0.500. The van der Waals surface area contributed by atoms with Crippen LogP contribution in [0, 0.1) is 5.92 Å². The third-order valence-electron chi connectivity index (χ3n) is 4.21. The third kappa shape index (κ3) is 5.17. The van der Waals surface area contributed by atoms with Crippen LogP contribution in [-0.4, -0.2) is 63.3 Å². The number of likely N-dealkylation sites (tertiary alicyclic amines) is 1. The maximum atomic E-state index is 12.3. The van der Waals surface area contributed by atoms with E-state index in [0.717, 1.165) is 11.8 Å². The maximum Gasteiger partial charge on any atom is 0.308 e. The lowest BCUT2D eigenvalue weighted by atomic mass is 9.89. The monoisotopic (exact) mass is 370 g/mol. The van der Waals surface area contributed by atoms with Crippen LogP contribution < -0.4 is 9.46 Å². The van der Waals surface area contributed by atoms with Crippen LogP contribution in [0.2, 0.25) is 0 Å². The number of amides is 1. The summed E-state index contributed by atoms with van der Waals surface area (Å²) in [5.74, 6) is -1.65. The topological polar surface area (TPSA) is 113 Å². The van der Waals surface area contributed by atoms with Crippen LogP contribution in [-0.2, 0) is 19.6 Å². The minimum Gasteiger partial charge on any atom is -0.497 e. The van der Waals surface area contributed by atoms with Gasteiger partial charge in [-0.2, -0.15) is 0 Å². The highest BCUT2D eigenvalue weighted by atomic mass is 32.2. The summed E-state index contributed by atoms with van der Waals surface area (Å²) in [6, 6.07) is 7.16. The Labute approximate surface area is 146 Å². The third-order valence-corrected chi connectivity index (χ3v) is 4.94. The highest BCUT2D eigenvalue weighted by molar-refractivity contribution is 7.88. The first-order chi connectivity index (χ1) is 11.7. The Kier molecular flexibility index (Phi) is 6.02. The standard InChI is InChI=1S/C16H22N2O6S/c1-24-12-5-3-4-11(8-12)13-9-18(10-14(13)16(20)21)15(19)6-7-17-25(2,22)23/h3-5,8,13-14,17H,6-7,9-10H2,1-2H3,(H,20,21). The van der Waals surface area contributed by atoms with Crippen molar-refractivity contribution in [3.8, 4) is 5.75 Å². The van der Waals surface area contributed by atoms with E-state index in [1.54, 1.807) is 18.2 Å². The molecule has 138 valence electrons. The van der Waals surface area contributed by atoms with Crippen molar-refractivity contribution in [2.24, 2.45) is 5.92 Å². The molecule has 0 aliphatic carbocycles. The summed E-state index contributed by atoms with van der Waals surface area (Å²) >= 11 is 0. The van der Waals surface area contributed by atoms with Gasteiger partial charge >= 0.3 is 5.97 Å². The van der Waals surface area contributed by atoms with E-state index >= 15 is 0 Å². The zero-order chi connectivity index (χ0) is 18.6. The van der Waals surface area contributed by atoms with E-state index in [-0.39, 0.29) is 37.9 Å². The molecule has 0 bridgehead atoms. The van der Waals surface area contributed by atoms with Crippen LogP contribution in [0.15, 0.2) is 24.3 Å². The molecule has 1 aromatic carbocycles. The molecule has 9 heteroatoms. The van der Waals surface area contributed by atoms with Crippen LogP contribution in [0.3, 0.4) is 0 Å². The van der Waals surface area contributed by atoms with E-state index in [9.17, 15) is 23.1 Å². The molecule has 1 fully saturated rings. The Hall–Kier alpha value is -2.13. The number of ether oxygens (including phenoxy) is 1. The highest BCUT2D eigenvalue weighted by Gasteiger charge is 2.40. The number of aliphatic carboxylic acids is 1. The molecule has 2 N–H and O–H groups in total.